The van der Waals surface area contributed by atoms with Gasteiger partial charge < -0.3 is 10.6 Å². The highest BCUT2D eigenvalue weighted by Crippen LogP contribution is 2.24. The van der Waals surface area contributed by atoms with Gasteiger partial charge in [-0.2, -0.15) is 0 Å². The summed E-state index contributed by atoms with van der Waals surface area (Å²) < 4.78 is 0. The zero-order valence-corrected chi connectivity index (χ0v) is 8.84. The van der Waals surface area contributed by atoms with E-state index in [1.54, 1.807) is 0 Å². The lowest BCUT2D eigenvalue weighted by atomic mass is 9.91. The Balaban J connectivity index is 2.38. The third-order valence-electron chi connectivity index (χ3n) is 2.62. The first-order valence-corrected chi connectivity index (χ1v) is 4.95. The highest BCUT2D eigenvalue weighted by atomic mass is 16.2. The van der Waals surface area contributed by atoms with Crippen LogP contribution in [0, 0.1) is 0 Å². The van der Waals surface area contributed by atoms with Crippen molar-refractivity contribution in [3.05, 3.63) is 0 Å². The van der Waals surface area contributed by atoms with Gasteiger partial charge in [0.2, 0.25) is 5.91 Å². The lowest BCUT2D eigenvalue weighted by molar-refractivity contribution is -0.134. The topological polar surface area (TPSA) is 46.3 Å². The Morgan fingerprint density at radius 2 is 2.08 bits per heavy atom. The molecular formula is C10H20N2O. The van der Waals surface area contributed by atoms with Gasteiger partial charge in [0.15, 0.2) is 0 Å². The molecular weight excluding hydrogens is 164 g/mol. The number of hydrogen-bond donors (Lipinski definition) is 1. The molecule has 76 valence electrons. The maximum Gasteiger partial charge on any atom is 0.224 e. The van der Waals surface area contributed by atoms with E-state index in [0.717, 1.165) is 12.8 Å². The van der Waals surface area contributed by atoms with E-state index >= 15 is 0 Å². The average Bonchev–Trinajstić information content (AvgIpc) is 1.78. The Morgan fingerprint density at radius 3 is 2.38 bits per heavy atom. The summed E-state index contributed by atoms with van der Waals surface area (Å²) in [5.74, 6) is 0.178. The highest BCUT2D eigenvalue weighted by molar-refractivity contribution is 5.77. The summed E-state index contributed by atoms with van der Waals surface area (Å²) in [6, 6.07) is 0.481. The van der Waals surface area contributed by atoms with Gasteiger partial charge >= 0.3 is 0 Å². The Kier molecular flexibility index (Phi) is 2.96. The van der Waals surface area contributed by atoms with Crippen LogP contribution in [0.4, 0.5) is 0 Å². The summed E-state index contributed by atoms with van der Waals surface area (Å²) in [6.07, 6.45) is 4.02. The number of nitrogens with two attached hydrogens (primary N) is 1. The third kappa shape index (κ3) is 2.99. The third-order valence-corrected chi connectivity index (χ3v) is 2.62. The van der Waals surface area contributed by atoms with Crippen LogP contribution in [0.15, 0.2) is 0 Å². The first-order valence-electron chi connectivity index (χ1n) is 4.95. The molecule has 0 aromatic carbocycles. The second kappa shape index (κ2) is 3.66. The first-order chi connectivity index (χ1) is 5.90. The molecule has 2 N–H and O–H groups in total. The van der Waals surface area contributed by atoms with Crippen LogP contribution in [0.3, 0.4) is 0 Å². The van der Waals surface area contributed by atoms with Gasteiger partial charge in [-0.25, -0.2) is 0 Å². The molecule has 1 rings (SSSR count). The summed E-state index contributed by atoms with van der Waals surface area (Å²) in [6.45, 7) is 3.78. The van der Waals surface area contributed by atoms with Crippen molar-refractivity contribution < 1.29 is 4.79 Å². The van der Waals surface area contributed by atoms with Gasteiger partial charge in [0.25, 0.3) is 0 Å². The van der Waals surface area contributed by atoms with E-state index in [4.69, 9.17) is 5.73 Å². The van der Waals surface area contributed by atoms with Gasteiger partial charge in [0.1, 0.15) is 0 Å². The molecule has 1 fully saturated rings. The zero-order valence-electron chi connectivity index (χ0n) is 8.84. The molecule has 1 saturated carbocycles. The lowest BCUT2D eigenvalue weighted by Crippen LogP contribution is -2.45. The summed E-state index contributed by atoms with van der Waals surface area (Å²) in [5.41, 5.74) is 5.41. The van der Waals surface area contributed by atoms with Gasteiger partial charge in [-0.05, 0) is 33.1 Å². The van der Waals surface area contributed by atoms with Crippen molar-refractivity contribution in [2.45, 2.75) is 51.1 Å². The molecule has 1 aliphatic carbocycles. The molecule has 3 heteroatoms. The predicted molar refractivity (Wildman–Crippen MR) is 53.3 cm³/mol. The van der Waals surface area contributed by atoms with Crippen molar-refractivity contribution in [1.82, 2.24) is 4.90 Å². The minimum atomic E-state index is -0.380. The van der Waals surface area contributed by atoms with E-state index in [0.29, 0.717) is 12.5 Å². The normalized spacial score (nSPS) is 18.2. The predicted octanol–water partition coefficient (Wildman–Crippen LogP) is 1.12. The molecule has 3 nitrogen and oxygen atoms in total. The van der Waals surface area contributed by atoms with Crippen LogP contribution in [-0.2, 0) is 4.79 Å². The zero-order chi connectivity index (χ0) is 10.1. The maximum absolute atomic E-state index is 11.6. The second-order valence-electron chi connectivity index (χ2n) is 4.75. The molecule has 13 heavy (non-hydrogen) atoms. The van der Waals surface area contributed by atoms with E-state index in [2.05, 4.69) is 0 Å². The van der Waals surface area contributed by atoms with Crippen LogP contribution in [0.5, 0.6) is 0 Å². The van der Waals surface area contributed by atoms with Crippen molar-refractivity contribution in [2.24, 2.45) is 5.73 Å². The second-order valence-corrected chi connectivity index (χ2v) is 4.75. The standard InChI is InChI=1S/C10H20N2O/c1-10(2,11)7-9(13)12(3)8-5-4-6-8/h8H,4-7,11H2,1-3H3. The number of rotatable bonds is 3. The van der Waals surface area contributed by atoms with E-state index in [1.807, 2.05) is 25.8 Å². The van der Waals surface area contributed by atoms with E-state index in [1.165, 1.54) is 6.42 Å². The first kappa shape index (κ1) is 10.5. The monoisotopic (exact) mass is 184 g/mol. The van der Waals surface area contributed by atoms with Crippen molar-refractivity contribution in [3.8, 4) is 0 Å². The van der Waals surface area contributed by atoms with Gasteiger partial charge in [0.05, 0.1) is 0 Å². The molecule has 0 aromatic rings. The number of nitrogens with zero attached hydrogens (tertiary/aromatic N) is 1. The molecule has 0 aliphatic heterocycles. The summed E-state index contributed by atoms with van der Waals surface area (Å²) >= 11 is 0. The van der Waals surface area contributed by atoms with Gasteiger partial charge in [-0.15, -0.1) is 0 Å². The van der Waals surface area contributed by atoms with Crippen LogP contribution in [-0.4, -0.2) is 29.4 Å². The molecule has 1 amide bonds. The molecule has 0 heterocycles. The quantitative estimate of drug-likeness (QED) is 0.714. The Labute approximate surface area is 80.3 Å². The fourth-order valence-electron chi connectivity index (χ4n) is 1.49. The average molecular weight is 184 g/mol. The molecule has 0 atom stereocenters. The van der Waals surface area contributed by atoms with Gasteiger partial charge in [-0.3, -0.25) is 4.79 Å². The molecule has 0 radical (unpaired) electrons. The number of amides is 1. The number of carbonyl (C=O) groups is 1. The van der Waals surface area contributed by atoms with E-state index < -0.39 is 0 Å². The van der Waals surface area contributed by atoms with Crippen molar-refractivity contribution in [3.63, 3.8) is 0 Å². The molecule has 0 unspecified atom stereocenters. The number of hydrogen-bond acceptors (Lipinski definition) is 2. The van der Waals surface area contributed by atoms with Crippen LogP contribution in [0.2, 0.25) is 0 Å². The van der Waals surface area contributed by atoms with Crippen LogP contribution in [0.1, 0.15) is 39.5 Å². The lowest BCUT2D eigenvalue weighted by Gasteiger charge is -2.36. The minimum Gasteiger partial charge on any atom is -0.343 e. The molecule has 0 spiro atoms. The Hall–Kier alpha value is -0.570. The summed E-state index contributed by atoms with van der Waals surface area (Å²) in [4.78, 5) is 13.5. The van der Waals surface area contributed by atoms with Crippen molar-refractivity contribution >= 4 is 5.91 Å². The van der Waals surface area contributed by atoms with E-state index in [-0.39, 0.29) is 11.4 Å². The van der Waals surface area contributed by atoms with Crippen molar-refractivity contribution in [2.75, 3.05) is 7.05 Å². The molecule has 0 bridgehead atoms. The fourth-order valence-corrected chi connectivity index (χ4v) is 1.49. The van der Waals surface area contributed by atoms with Crippen LogP contribution < -0.4 is 5.73 Å². The highest BCUT2D eigenvalue weighted by Gasteiger charge is 2.27. The molecule has 0 saturated heterocycles. The largest absolute Gasteiger partial charge is 0.343 e. The fraction of sp³-hybridized carbons (Fsp3) is 0.900. The Morgan fingerprint density at radius 1 is 1.54 bits per heavy atom. The van der Waals surface area contributed by atoms with Crippen LogP contribution >= 0.6 is 0 Å². The smallest absolute Gasteiger partial charge is 0.224 e. The molecule has 1 aliphatic rings. The summed E-state index contributed by atoms with van der Waals surface area (Å²) in [5, 5.41) is 0. The van der Waals surface area contributed by atoms with Crippen LogP contribution in [0.25, 0.3) is 0 Å². The van der Waals surface area contributed by atoms with E-state index in [9.17, 15) is 4.79 Å². The van der Waals surface area contributed by atoms with Crippen molar-refractivity contribution in [1.29, 1.82) is 0 Å². The van der Waals surface area contributed by atoms with Gasteiger partial charge in [0, 0.05) is 25.0 Å². The summed E-state index contributed by atoms with van der Waals surface area (Å²) in [7, 11) is 1.89. The van der Waals surface area contributed by atoms with Gasteiger partial charge in [-0.1, -0.05) is 0 Å². The number of carbonyl (C=O) groups excluding carboxylic acids is 1. The minimum absolute atomic E-state index is 0.178. The maximum atomic E-state index is 11.6. The molecule has 0 aromatic heterocycles. The Bertz CT molecular complexity index is 192. The SMILES string of the molecule is CN(C(=O)CC(C)(C)N)C1CCC1.